The number of carbonyl (C=O) groups excluding carboxylic acids is 2. The summed E-state index contributed by atoms with van der Waals surface area (Å²) in [5.41, 5.74) is 1.89. The molecule has 1 saturated heterocycles. The number of rotatable bonds is 5. The van der Waals surface area contributed by atoms with Crippen LogP contribution in [0.4, 0.5) is 0 Å². The van der Waals surface area contributed by atoms with Gasteiger partial charge >= 0.3 is 5.97 Å². The van der Waals surface area contributed by atoms with E-state index in [4.69, 9.17) is 4.74 Å². The second kappa shape index (κ2) is 7.42. The Hall–Kier alpha value is -1.85. The summed E-state index contributed by atoms with van der Waals surface area (Å²) < 4.78 is 6.75. The van der Waals surface area contributed by atoms with Crippen molar-refractivity contribution in [2.45, 2.75) is 59.0 Å². The Balaban J connectivity index is 2.01. The van der Waals surface area contributed by atoms with E-state index in [9.17, 15) is 9.59 Å². The number of hydrogen-bond donors (Lipinski definition) is 0. The zero-order valence-electron chi connectivity index (χ0n) is 13.7. The maximum Gasteiger partial charge on any atom is 0.307 e. The summed E-state index contributed by atoms with van der Waals surface area (Å²) in [5, 5.41) is 4.34. The quantitative estimate of drug-likeness (QED) is 0.779. The monoisotopic (exact) mass is 307 g/mol. The molecule has 1 fully saturated rings. The van der Waals surface area contributed by atoms with E-state index < -0.39 is 0 Å². The van der Waals surface area contributed by atoms with Crippen LogP contribution in [-0.2, 0) is 20.9 Å². The first-order chi connectivity index (χ1) is 10.5. The van der Waals surface area contributed by atoms with Gasteiger partial charge in [-0.05, 0) is 46.1 Å². The van der Waals surface area contributed by atoms with Gasteiger partial charge in [0.2, 0.25) is 5.91 Å². The molecule has 1 atom stereocenters. The van der Waals surface area contributed by atoms with Gasteiger partial charge < -0.3 is 9.64 Å². The molecule has 0 unspecified atom stereocenters. The van der Waals surface area contributed by atoms with E-state index in [-0.39, 0.29) is 30.9 Å². The predicted molar refractivity (Wildman–Crippen MR) is 82.3 cm³/mol. The minimum atomic E-state index is -0.224. The van der Waals surface area contributed by atoms with E-state index >= 15 is 0 Å². The molecule has 1 aliphatic rings. The number of ether oxygens (including phenoxy) is 1. The lowest BCUT2D eigenvalue weighted by Crippen LogP contribution is -2.46. The van der Waals surface area contributed by atoms with Crippen molar-refractivity contribution in [3.8, 4) is 0 Å². The molecule has 0 saturated carbocycles. The van der Waals surface area contributed by atoms with Crippen LogP contribution in [0.3, 0.4) is 0 Å². The average Bonchev–Trinajstić information content (AvgIpc) is 2.77. The van der Waals surface area contributed by atoms with E-state index in [1.54, 1.807) is 11.6 Å². The van der Waals surface area contributed by atoms with Crippen LogP contribution in [0.1, 0.15) is 44.0 Å². The number of likely N-dealkylation sites (tertiary alicyclic amines) is 1. The van der Waals surface area contributed by atoms with Gasteiger partial charge in [-0.25, -0.2) is 0 Å². The summed E-state index contributed by atoms with van der Waals surface area (Å²) >= 11 is 0. The fourth-order valence-electron chi connectivity index (χ4n) is 3.01. The second-order valence-electron chi connectivity index (χ2n) is 5.83. The van der Waals surface area contributed by atoms with Gasteiger partial charge in [0.1, 0.15) is 6.54 Å². The van der Waals surface area contributed by atoms with E-state index in [1.807, 2.05) is 24.8 Å². The van der Waals surface area contributed by atoms with Gasteiger partial charge in [-0.2, -0.15) is 5.10 Å². The van der Waals surface area contributed by atoms with Crippen molar-refractivity contribution >= 4 is 11.9 Å². The van der Waals surface area contributed by atoms with Crippen molar-refractivity contribution < 1.29 is 14.3 Å². The van der Waals surface area contributed by atoms with Crippen LogP contribution >= 0.6 is 0 Å². The number of hydrogen-bond acceptors (Lipinski definition) is 4. The van der Waals surface area contributed by atoms with E-state index in [2.05, 4.69) is 5.10 Å². The molecule has 22 heavy (non-hydrogen) atoms. The van der Waals surface area contributed by atoms with Crippen molar-refractivity contribution in [2.24, 2.45) is 0 Å². The molecule has 0 bridgehead atoms. The van der Waals surface area contributed by atoms with Crippen molar-refractivity contribution in [3.05, 3.63) is 17.5 Å². The van der Waals surface area contributed by atoms with Gasteiger partial charge in [-0.1, -0.05) is 0 Å². The third-order valence-electron chi connectivity index (χ3n) is 4.04. The highest BCUT2D eigenvalue weighted by Crippen LogP contribution is 2.21. The van der Waals surface area contributed by atoms with Gasteiger partial charge in [0.25, 0.3) is 0 Å². The molecular formula is C16H25N3O3. The maximum atomic E-state index is 12.6. The Morgan fingerprint density at radius 2 is 2.14 bits per heavy atom. The molecule has 0 aromatic carbocycles. The fraction of sp³-hybridized carbons (Fsp3) is 0.688. The molecule has 0 radical (unpaired) electrons. The molecule has 0 aliphatic carbocycles. The molecule has 6 heteroatoms. The topological polar surface area (TPSA) is 64.4 Å². The summed E-state index contributed by atoms with van der Waals surface area (Å²) in [7, 11) is 0. The smallest absolute Gasteiger partial charge is 0.307 e. The van der Waals surface area contributed by atoms with Crippen LogP contribution in [0.2, 0.25) is 0 Å². The van der Waals surface area contributed by atoms with Crippen LogP contribution in [0, 0.1) is 13.8 Å². The van der Waals surface area contributed by atoms with Crippen molar-refractivity contribution in [1.29, 1.82) is 0 Å². The Morgan fingerprint density at radius 1 is 1.36 bits per heavy atom. The molecule has 2 rings (SSSR count). The molecule has 1 amide bonds. The molecule has 1 aliphatic heterocycles. The molecule has 1 aromatic rings. The Labute approximate surface area is 131 Å². The van der Waals surface area contributed by atoms with E-state index in [1.165, 1.54) is 0 Å². The molecule has 2 heterocycles. The highest BCUT2D eigenvalue weighted by atomic mass is 16.5. The standard InChI is InChI=1S/C16H25N3O3/c1-4-22-16(21)10-14-7-5-6-8-18(14)15(20)11-19-13(3)9-12(2)17-19/h9,14H,4-8,10-11H2,1-3H3/t14-/m0/s1. The van der Waals surface area contributed by atoms with Crippen LogP contribution in [-0.4, -0.2) is 45.8 Å². The largest absolute Gasteiger partial charge is 0.466 e. The maximum absolute atomic E-state index is 12.6. The third-order valence-corrected chi connectivity index (χ3v) is 4.04. The fourth-order valence-corrected chi connectivity index (χ4v) is 3.01. The Kier molecular flexibility index (Phi) is 5.57. The van der Waals surface area contributed by atoms with Gasteiger partial charge in [0.05, 0.1) is 18.7 Å². The number of esters is 1. The van der Waals surface area contributed by atoms with Gasteiger partial charge in [0.15, 0.2) is 0 Å². The zero-order valence-corrected chi connectivity index (χ0v) is 13.7. The van der Waals surface area contributed by atoms with Crippen LogP contribution in [0.5, 0.6) is 0 Å². The zero-order chi connectivity index (χ0) is 16.1. The minimum Gasteiger partial charge on any atom is -0.466 e. The number of aromatic nitrogens is 2. The average molecular weight is 307 g/mol. The molecule has 0 spiro atoms. The summed E-state index contributed by atoms with van der Waals surface area (Å²) in [6, 6.07) is 1.91. The van der Waals surface area contributed by atoms with Gasteiger partial charge in [0, 0.05) is 18.3 Å². The summed E-state index contributed by atoms with van der Waals surface area (Å²) in [6.07, 6.45) is 3.19. The first-order valence-electron chi connectivity index (χ1n) is 7.97. The lowest BCUT2D eigenvalue weighted by molar-refractivity contribution is -0.146. The summed E-state index contributed by atoms with van der Waals surface area (Å²) in [4.78, 5) is 26.1. The lowest BCUT2D eigenvalue weighted by atomic mass is 9.99. The summed E-state index contributed by atoms with van der Waals surface area (Å²) in [6.45, 7) is 6.98. The Morgan fingerprint density at radius 3 is 2.77 bits per heavy atom. The first kappa shape index (κ1) is 16.5. The Bertz CT molecular complexity index is 539. The highest BCUT2D eigenvalue weighted by Gasteiger charge is 2.29. The van der Waals surface area contributed by atoms with Crippen LogP contribution < -0.4 is 0 Å². The number of nitrogens with zero attached hydrogens (tertiary/aromatic N) is 3. The minimum absolute atomic E-state index is 0.0280. The normalized spacial score (nSPS) is 18.3. The second-order valence-corrected chi connectivity index (χ2v) is 5.83. The lowest BCUT2D eigenvalue weighted by Gasteiger charge is -2.35. The van der Waals surface area contributed by atoms with Gasteiger partial charge in [-0.3, -0.25) is 14.3 Å². The highest BCUT2D eigenvalue weighted by molar-refractivity contribution is 5.78. The van der Waals surface area contributed by atoms with E-state index in [0.29, 0.717) is 13.2 Å². The van der Waals surface area contributed by atoms with Crippen molar-refractivity contribution in [3.63, 3.8) is 0 Å². The number of aryl methyl sites for hydroxylation is 2. The van der Waals surface area contributed by atoms with E-state index in [0.717, 1.165) is 30.7 Å². The SMILES string of the molecule is CCOC(=O)C[C@@H]1CCCCN1C(=O)Cn1nc(C)cc1C. The number of amides is 1. The third kappa shape index (κ3) is 4.08. The molecule has 0 N–H and O–H groups in total. The van der Waals surface area contributed by atoms with Crippen LogP contribution in [0.15, 0.2) is 6.07 Å². The predicted octanol–water partition coefficient (Wildman–Crippen LogP) is 1.83. The van der Waals surface area contributed by atoms with Crippen molar-refractivity contribution in [1.82, 2.24) is 14.7 Å². The van der Waals surface area contributed by atoms with Gasteiger partial charge in [-0.15, -0.1) is 0 Å². The summed E-state index contributed by atoms with van der Waals surface area (Å²) in [5.74, 6) is -0.196. The van der Waals surface area contributed by atoms with Crippen molar-refractivity contribution in [2.75, 3.05) is 13.2 Å². The molecule has 1 aromatic heterocycles. The first-order valence-corrected chi connectivity index (χ1v) is 7.97. The molecule has 6 nitrogen and oxygen atoms in total. The van der Waals surface area contributed by atoms with Crippen LogP contribution in [0.25, 0.3) is 0 Å². The molecular weight excluding hydrogens is 282 g/mol. The number of carbonyl (C=O) groups is 2. The number of piperidine rings is 1. The molecule has 122 valence electrons.